The third-order valence-corrected chi connectivity index (χ3v) is 4.92. The molecule has 0 atom stereocenters. The SMILES string of the molecule is NCC(=O)N1CCCN(Sc2ccc3cnccc3c2)CC1. The predicted octanol–water partition coefficient (Wildman–Crippen LogP) is 1.73. The lowest BCUT2D eigenvalue weighted by Crippen LogP contribution is -2.38. The molecule has 1 saturated heterocycles. The summed E-state index contributed by atoms with van der Waals surface area (Å²) in [5, 5.41) is 2.36. The van der Waals surface area contributed by atoms with Gasteiger partial charge in [0.05, 0.1) is 6.54 Å². The first-order valence-electron chi connectivity index (χ1n) is 7.51. The van der Waals surface area contributed by atoms with E-state index in [4.69, 9.17) is 5.73 Å². The summed E-state index contributed by atoms with van der Waals surface area (Å²) in [6.45, 7) is 3.50. The fourth-order valence-electron chi connectivity index (χ4n) is 2.63. The molecular weight excluding hydrogens is 296 g/mol. The van der Waals surface area contributed by atoms with Gasteiger partial charge in [0.2, 0.25) is 5.91 Å². The minimum Gasteiger partial charge on any atom is -0.340 e. The smallest absolute Gasteiger partial charge is 0.236 e. The summed E-state index contributed by atoms with van der Waals surface area (Å²) in [6, 6.07) is 8.45. The van der Waals surface area contributed by atoms with Crippen LogP contribution in [0.1, 0.15) is 6.42 Å². The fraction of sp³-hybridized carbons (Fsp3) is 0.375. The van der Waals surface area contributed by atoms with Gasteiger partial charge in [0.1, 0.15) is 0 Å². The number of hydrogen-bond acceptors (Lipinski definition) is 5. The van der Waals surface area contributed by atoms with Crippen molar-refractivity contribution in [2.75, 3.05) is 32.7 Å². The summed E-state index contributed by atoms with van der Waals surface area (Å²) in [5.41, 5.74) is 5.45. The minimum atomic E-state index is 0.0463. The number of carbonyl (C=O) groups is 1. The van der Waals surface area contributed by atoms with E-state index in [0.717, 1.165) is 38.0 Å². The summed E-state index contributed by atoms with van der Waals surface area (Å²) >= 11 is 1.76. The number of rotatable bonds is 3. The van der Waals surface area contributed by atoms with Crippen molar-refractivity contribution in [1.29, 1.82) is 0 Å². The average molecular weight is 316 g/mol. The standard InChI is InChI=1S/C16H20N4OS/c17-11-16(21)19-6-1-7-20(9-8-19)22-15-3-2-14-12-18-5-4-13(14)10-15/h2-5,10,12H,1,6-9,11,17H2. The first-order valence-corrected chi connectivity index (χ1v) is 8.28. The second-order valence-corrected chi connectivity index (χ2v) is 6.51. The highest BCUT2D eigenvalue weighted by molar-refractivity contribution is 7.97. The lowest BCUT2D eigenvalue weighted by atomic mass is 10.2. The molecule has 2 aromatic rings. The van der Waals surface area contributed by atoms with Gasteiger partial charge in [-0.05, 0) is 42.0 Å². The lowest BCUT2D eigenvalue weighted by molar-refractivity contribution is -0.129. The van der Waals surface area contributed by atoms with Crippen LogP contribution >= 0.6 is 11.9 Å². The van der Waals surface area contributed by atoms with Crippen LogP contribution in [0.5, 0.6) is 0 Å². The molecule has 1 amide bonds. The Hall–Kier alpha value is -1.63. The monoisotopic (exact) mass is 316 g/mol. The molecule has 6 heteroatoms. The summed E-state index contributed by atoms with van der Waals surface area (Å²) in [7, 11) is 0. The number of nitrogens with two attached hydrogens (primary N) is 1. The zero-order chi connectivity index (χ0) is 15.4. The summed E-state index contributed by atoms with van der Waals surface area (Å²) in [4.78, 5) is 18.9. The average Bonchev–Trinajstić information content (AvgIpc) is 2.79. The van der Waals surface area contributed by atoms with Crippen molar-refractivity contribution in [3.8, 4) is 0 Å². The maximum absolute atomic E-state index is 11.7. The molecule has 0 saturated carbocycles. The number of hydrogen-bond donors (Lipinski definition) is 1. The number of carbonyl (C=O) groups excluding carboxylic acids is 1. The van der Waals surface area contributed by atoms with E-state index in [1.54, 1.807) is 11.9 Å². The minimum absolute atomic E-state index is 0.0463. The van der Waals surface area contributed by atoms with Crippen LogP contribution in [0.2, 0.25) is 0 Å². The molecule has 116 valence electrons. The van der Waals surface area contributed by atoms with Crippen LogP contribution in [0.4, 0.5) is 0 Å². The normalized spacial score (nSPS) is 16.7. The third kappa shape index (κ3) is 3.58. The van der Waals surface area contributed by atoms with E-state index in [1.165, 1.54) is 10.3 Å². The van der Waals surface area contributed by atoms with Crippen molar-refractivity contribution in [3.63, 3.8) is 0 Å². The van der Waals surface area contributed by atoms with Gasteiger partial charge in [0.25, 0.3) is 0 Å². The summed E-state index contributed by atoms with van der Waals surface area (Å²) < 4.78 is 2.33. The molecular formula is C16H20N4OS. The topological polar surface area (TPSA) is 62.5 Å². The zero-order valence-electron chi connectivity index (χ0n) is 12.4. The molecule has 1 aromatic heterocycles. The van der Waals surface area contributed by atoms with Gasteiger partial charge in [-0.25, -0.2) is 4.31 Å². The molecule has 5 nitrogen and oxygen atoms in total. The van der Waals surface area contributed by atoms with Crippen molar-refractivity contribution in [3.05, 3.63) is 36.7 Å². The highest BCUT2D eigenvalue weighted by Gasteiger charge is 2.18. The quantitative estimate of drug-likeness (QED) is 0.874. The van der Waals surface area contributed by atoms with Gasteiger partial charge < -0.3 is 10.6 Å². The van der Waals surface area contributed by atoms with E-state index < -0.39 is 0 Å². The first-order chi connectivity index (χ1) is 10.8. The first kappa shape index (κ1) is 15.3. The Morgan fingerprint density at radius 1 is 1.18 bits per heavy atom. The second-order valence-electron chi connectivity index (χ2n) is 5.34. The van der Waals surface area contributed by atoms with Crippen LogP contribution in [0.15, 0.2) is 41.6 Å². The van der Waals surface area contributed by atoms with E-state index in [2.05, 4.69) is 27.5 Å². The van der Waals surface area contributed by atoms with Gasteiger partial charge in [0.15, 0.2) is 0 Å². The Labute approximate surface area is 134 Å². The van der Waals surface area contributed by atoms with Gasteiger partial charge >= 0.3 is 0 Å². The Bertz CT molecular complexity index is 663. The van der Waals surface area contributed by atoms with Crippen molar-refractivity contribution in [2.24, 2.45) is 5.73 Å². The molecule has 3 rings (SSSR count). The number of fused-ring (bicyclic) bond motifs is 1. The highest BCUT2D eigenvalue weighted by atomic mass is 32.2. The number of aromatic nitrogens is 1. The predicted molar refractivity (Wildman–Crippen MR) is 89.4 cm³/mol. The van der Waals surface area contributed by atoms with Crippen LogP contribution in [0.25, 0.3) is 10.8 Å². The Morgan fingerprint density at radius 2 is 2.09 bits per heavy atom. The Morgan fingerprint density at radius 3 is 2.95 bits per heavy atom. The highest BCUT2D eigenvalue weighted by Crippen LogP contribution is 2.27. The van der Waals surface area contributed by atoms with Gasteiger partial charge in [-0.3, -0.25) is 9.78 Å². The molecule has 22 heavy (non-hydrogen) atoms. The molecule has 1 aliphatic heterocycles. The van der Waals surface area contributed by atoms with Crippen molar-refractivity contribution >= 4 is 28.6 Å². The maximum Gasteiger partial charge on any atom is 0.236 e. The Balaban J connectivity index is 1.65. The van der Waals surface area contributed by atoms with E-state index in [1.807, 2.05) is 23.4 Å². The fourth-order valence-corrected chi connectivity index (χ4v) is 3.63. The van der Waals surface area contributed by atoms with Crippen LogP contribution in [0.3, 0.4) is 0 Å². The largest absolute Gasteiger partial charge is 0.340 e. The van der Waals surface area contributed by atoms with Crippen LogP contribution < -0.4 is 5.73 Å². The molecule has 0 radical (unpaired) electrons. The molecule has 0 bridgehead atoms. The number of amides is 1. The maximum atomic E-state index is 11.7. The summed E-state index contributed by atoms with van der Waals surface area (Å²) in [6.07, 6.45) is 4.68. The summed E-state index contributed by atoms with van der Waals surface area (Å²) in [5.74, 6) is 0.0463. The van der Waals surface area contributed by atoms with E-state index in [0.29, 0.717) is 0 Å². The Kier molecular flexibility index (Phi) is 4.92. The van der Waals surface area contributed by atoms with Gasteiger partial charge in [0, 0.05) is 48.9 Å². The van der Waals surface area contributed by atoms with Crippen molar-refractivity contribution < 1.29 is 4.79 Å². The van der Waals surface area contributed by atoms with Gasteiger partial charge in [-0.15, -0.1) is 0 Å². The molecule has 2 heterocycles. The van der Waals surface area contributed by atoms with Crippen LogP contribution in [-0.4, -0.2) is 52.8 Å². The van der Waals surface area contributed by atoms with E-state index in [9.17, 15) is 4.79 Å². The number of nitrogens with zero attached hydrogens (tertiary/aromatic N) is 3. The van der Waals surface area contributed by atoms with E-state index in [-0.39, 0.29) is 12.5 Å². The van der Waals surface area contributed by atoms with E-state index >= 15 is 0 Å². The molecule has 2 N–H and O–H groups in total. The molecule has 1 fully saturated rings. The van der Waals surface area contributed by atoms with Crippen LogP contribution in [-0.2, 0) is 4.79 Å². The molecule has 0 spiro atoms. The molecule has 1 aliphatic rings. The molecule has 0 aliphatic carbocycles. The van der Waals surface area contributed by atoms with Gasteiger partial charge in [-0.1, -0.05) is 6.07 Å². The number of pyridine rings is 1. The van der Waals surface area contributed by atoms with Crippen molar-refractivity contribution in [2.45, 2.75) is 11.3 Å². The van der Waals surface area contributed by atoms with Crippen LogP contribution in [0, 0.1) is 0 Å². The molecule has 0 unspecified atom stereocenters. The number of benzene rings is 1. The second kappa shape index (κ2) is 7.09. The zero-order valence-corrected chi connectivity index (χ0v) is 13.3. The van der Waals surface area contributed by atoms with Crippen molar-refractivity contribution in [1.82, 2.24) is 14.2 Å². The van der Waals surface area contributed by atoms with Gasteiger partial charge in [-0.2, -0.15) is 0 Å². The molecule has 1 aromatic carbocycles. The third-order valence-electron chi connectivity index (χ3n) is 3.83. The lowest BCUT2D eigenvalue weighted by Gasteiger charge is -2.20.